The van der Waals surface area contributed by atoms with E-state index in [0.717, 1.165) is 11.3 Å². The number of aliphatic hydroxyl groups is 2. The lowest BCUT2D eigenvalue weighted by Crippen LogP contribution is -1.99. The molecule has 1 aromatic rings. The van der Waals surface area contributed by atoms with Gasteiger partial charge in [-0.2, -0.15) is 0 Å². The molecule has 0 aromatic carbocycles. The standard InChI is InChI=1S/C12H17NO4/c1-16-9-17-8-10-4-5-13-11(6-10)2-3-12(15)7-14/h3-6,14-15H,2,7-9H2,1H3/b12-3+. The number of aliphatic hydroxyl groups excluding tert-OH is 2. The van der Waals surface area contributed by atoms with Crippen LogP contribution >= 0.6 is 0 Å². The summed E-state index contributed by atoms with van der Waals surface area (Å²) in [4.78, 5) is 4.15. The lowest BCUT2D eigenvalue weighted by molar-refractivity contribution is -0.0391. The van der Waals surface area contributed by atoms with Crippen molar-refractivity contribution in [1.82, 2.24) is 4.98 Å². The first-order valence-corrected chi connectivity index (χ1v) is 5.25. The molecule has 0 amide bonds. The molecular weight excluding hydrogens is 222 g/mol. The molecule has 17 heavy (non-hydrogen) atoms. The number of methoxy groups -OCH3 is 1. The SMILES string of the molecule is COCOCc1ccnc(C/C=C(/O)CO)c1. The highest BCUT2D eigenvalue weighted by atomic mass is 16.7. The minimum atomic E-state index is -0.351. The Balaban J connectivity index is 2.53. The van der Waals surface area contributed by atoms with E-state index in [1.54, 1.807) is 13.3 Å². The zero-order valence-electron chi connectivity index (χ0n) is 9.80. The van der Waals surface area contributed by atoms with Gasteiger partial charge in [-0.15, -0.1) is 0 Å². The molecule has 0 aliphatic heterocycles. The predicted molar refractivity (Wildman–Crippen MR) is 62.4 cm³/mol. The van der Waals surface area contributed by atoms with Gasteiger partial charge in [0.25, 0.3) is 0 Å². The Morgan fingerprint density at radius 3 is 3.06 bits per heavy atom. The summed E-state index contributed by atoms with van der Waals surface area (Å²) in [5.41, 5.74) is 1.80. The Hall–Kier alpha value is -1.43. The van der Waals surface area contributed by atoms with Crippen LogP contribution in [-0.4, -0.2) is 35.7 Å². The van der Waals surface area contributed by atoms with Gasteiger partial charge < -0.3 is 19.7 Å². The molecule has 0 bridgehead atoms. The number of rotatable bonds is 7. The highest BCUT2D eigenvalue weighted by Crippen LogP contribution is 2.05. The first kappa shape index (κ1) is 13.6. The Labute approximate surface area is 100 Å². The van der Waals surface area contributed by atoms with Gasteiger partial charge in [0.05, 0.1) is 13.2 Å². The molecule has 0 radical (unpaired) electrons. The lowest BCUT2D eigenvalue weighted by Gasteiger charge is -2.04. The van der Waals surface area contributed by atoms with Crippen molar-refractivity contribution in [2.24, 2.45) is 0 Å². The van der Waals surface area contributed by atoms with Crippen LogP contribution in [0.15, 0.2) is 30.2 Å². The molecule has 0 aliphatic carbocycles. The average Bonchev–Trinajstić information content (AvgIpc) is 2.37. The van der Waals surface area contributed by atoms with Crippen molar-refractivity contribution in [2.75, 3.05) is 20.5 Å². The highest BCUT2D eigenvalue weighted by molar-refractivity contribution is 5.17. The number of allylic oxidation sites excluding steroid dienone is 1. The molecule has 0 aliphatic rings. The van der Waals surface area contributed by atoms with Crippen molar-refractivity contribution in [2.45, 2.75) is 13.0 Å². The van der Waals surface area contributed by atoms with E-state index in [2.05, 4.69) is 4.98 Å². The molecular formula is C12H17NO4. The topological polar surface area (TPSA) is 71.8 Å². The fourth-order valence-electron chi connectivity index (χ4n) is 1.26. The summed E-state index contributed by atoms with van der Waals surface area (Å²) >= 11 is 0. The molecule has 0 saturated carbocycles. The molecule has 1 aromatic heterocycles. The van der Waals surface area contributed by atoms with Crippen LogP contribution in [0.4, 0.5) is 0 Å². The Morgan fingerprint density at radius 2 is 2.35 bits per heavy atom. The number of hydrogen-bond acceptors (Lipinski definition) is 5. The van der Waals surface area contributed by atoms with E-state index in [0.29, 0.717) is 13.0 Å². The van der Waals surface area contributed by atoms with Gasteiger partial charge in [0.15, 0.2) is 0 Å². The smallest absolute Gasteiger partial charge is 0.146 e. The van der Waals surface area contributed by atoms with Crippen LogP contribution < -0.4 is 0 Å². The first-order valence-electron chi connectivity index (χ1n) is 5.25. The van der Waals surface area contributed by atoms with E-state index in [9.17, 15) is 0 Å². The van der Waals surface area contributed by atoms with E-state index in [4.69, 9.17) is 19.7 Å². The minimum absolute atomic E-state index is 0.0483. The largest absolute Gasteiger partial charge is 0.510 e. The number of nitrogens with zero attached hydrogens (tertiary/aromatic N) is 1. The van der Waals surface area contributed by atoms with Gasteiger partial charge in [-0.05, 0) is 23.8 Å². The fourth-order valence-corrected chi connectivity index (χ4v) is 1.26. The van der Waals surface area contributed by atoms with Gasteiger partial charge in [-0.25, -0.2) is 0 Å². The molecule has 0 spiro atoms. The number of aromatic nitrogens is 1. The molecule has 1 heterocycles. The summed E-state index contributed by atoms with van der Waals surface area (Å²) in [6.45, 7) is 0.360. The second kappa shape index (κ2) is 7.78. The minimum Gasteiger partial charge on any atom is -0.510 e. The van der Waals surface area contributed by atoms with E-state index >= 15 is 0 Å². The van der Waals surface area contributed by atoms with Crippen molar-refractivity contribution in [3.8, 4) is 0 Å². The summed E-state index contributed by atoms with van der Waals surface area (Å²) in [6, 6.07) is 3.74. The van der Waals surface area contributed by atoms with Gasteiger partial charge in [-0.1, -0.05) is 0 Å². The van der Waals surface area contributed by atoms with Crippen LogP contribution in [-0.2, 0) is 22.5 Å². The molecule has 1 rings (SSSR count). The van der Waals surface area contributed by atoms with Gasteiger partial charge >= 0.3 is 0 Å². The molecule has 0 atom stereocenters. The van der Waals surface area contributed by atoms with Crippen LogP contribution in [0, 0.1) is 0 Å². The summed E-state index contributed by atoms with van der Waals surface area (Å²) < 4.78 is 9.99. The van der Waals surface area contributed by atoms with Gasteiger partial charge in [0, 0.05) is 25.4 Å². The van der Waals surface area contributed by atoms with Gasteiger partial charge in [-0.3, -0.25) is 4.98 Å². The third-order valence-electron chi connectivity index (χ3n) is 2.06. The Bertz CT molecular complexity index is 365. The quantitative estimate of drug-likeness (QED) is 0.424. The number of ether oxygens (including phenoxy) is 2. The van der Waals surface area contributed by atoms with Crippen LogP contribution in [0.25, 0.3) is 0 Å². The van der Waals surface area contributed by atoms with Crippen molar-refractivity contribution >= 4 is 0 Å². The van der Waals surface area contributed by atoms with Gasteiger partial charge in [0.2, 0.25) is 0 Å². The molecule has 0 unspecified atom stereocenters. The van der Waals surface area contributed by atoms with E-state index in [1.165, 1.54) is 6.08 Å². The Kier molecular flexibility index (Phi) is 6.24. The van der Waals surface area contributed by atoms with Crippen LogP contribution in [0.3, 0.4) is 0 Å². The molecule has 5 nitrogen and oxygen atoms in total. The van der Waals surface area contributed by atoms with E-state index in [-0.39, 0.29) is 19.2 Å². The number of hydrogen-bond donors (Lipinski definition) is 2. The van der Waals surface area contributed by atoms with E-state index in [1.807, 2.05) is 12.1 Å². The zero-order chi connectivity index (χ0) is 12.5. The molecule has 0 saturated heterocycles. The second-order valence-electron chi connectivity index (χ2n) is 3.47. The van der Waals surface area contributed by atoms with Crippen molar-refractivity contribution < 1.29 is 19.7 Å². The summed E-state index contributed by atoms with van der Waals surface area (Å²) in [5, 5.41) is 17.7. The molecule has 94 valence electrons. The maximum Gasteiger partial charge on any atom is 0.146 e. The van der Waals surface area contributed by atoms with Gasteiger partial charge in [0.1, 0.15) is 12.6 Å². The summed E-state index contributed by atoms with van der Waals surface area (Å²) in [5.74, 6) is -0.0483. The van der Waals surface area contributed by atoms with E-state index < -0.39 is 0 Å². The van der Waals surface area contributed by atoms with Crippen LogP contribution in [0.2, 0.25) is 0 Å². The monoisotopic (exact) mass is 239 g/mol. The van der Waals surface area contributed by atoms with Crippen molar-refractivity contribution in [3.05, 3.63) is 41.4 Å². The normalized spacial score (nSPS) is 11.8. The maximum absolute atomic E-state index is 9.10. The predicted octanol–water partition coefficient (Wildman–Crippen LogP) is 1.18. The third-order valence-corrected chi connectivity index (χ3v) is 2.06. The average molecular weight is 239 g/mol. The number of pyridine rings is 1. The molecule has 0 fully saturated rings. The zero-order valence-corrected chi connectivity index (χ0v) is 9.80. The van der Waals surface area contributed by atoms with Crippen LogP contribution in [0.1, 0.15) is 11.3 Å². The third kappa shape index (κ3) is 5.44. The van der Waals surface area contributed by atoms with Crippen molar-refractivity contribution in [1.29, 1.82) is 0 Å². The lowest BCUT2D eigenvalue weighted by atomic mass is 10.2. The first-order chi connectivity index (χ1) is 8.26. The molecule has 5 heteroatoms. The van der Waals surface area contributed by atoms with Crippen LogP contribution in [0.5, 0.6) is 0 Å². The Morgan fingerprint density at radius 1 is 1.53 bits per heavy atom. The second-order valence-corrected chi connectivity index (χ2v) is 3.47. The maximum atomic E-state index is 9.10. The molecule has 2 N–H and O–H groups in total. The summed E-state index contributed by atoms with van der Waals surface area (Å²) in [7, 11) is 1.57. The highest BCUT2D eigenvalue weighted by Gasteiger charge is 1.98. The summed E-state index contributed by atoms with van der Waals surface area (Å²) in [6.07, 6.45) is 3.69. The fraction of sp³-hybridized carbons (Fsp3) is 0.417. The van der Waals surface area contributed by atoms with Crippen molar-refractivity contribution in [3.63, 3.8) is 0 Å².